The fraction of sp³-hybridized carbons (Fsp3) is 0.118. The van der Waals surface area contributed by atoms with Crippen molar-refractivity contribution in [2.75, 3.05) is 0 Å². The van der Waals surface area contributed by atoms with Crippen LogP contribution in [0.5, 0.6) is 0 Å². The molecule has 1 heterocycles. The van der Waals surface area contributed by atoms with Crippen LogP contribution in [-0.4, -0.2) is 23.0 Å². The van der Waals surface area contributed by atoms with E-state index in [1.165, 1.54) is 4.90 Å². The van der Waals surface area contributed by atoms with E-state index in [0.29, 0.717) is 16.7 Å². The van der Waals surface area contributed by atoms with Gasteiger partial charge in [-0.25, -0.2) is 0 Å². The van der Waals surface area contributed by atoms with Gasteiger partial charge >= 0.3 is 0 Å². The molecule has 0 spiro atoms. The summed E-state index contributed by atoms with van der Waals surface area (Å²) in [7, 11) is 0. The molecule has 0 fully saturated rings. The maximum absolute atomic E-state index is 12.3. The Bertz CT molecular complexity index is 729. The van der Waals surface area contributed by atoms with Gasteiger partial charge in [0.05, 0.1) is 17.7 Å². The second-order valence-corrected chi connectivity index (χ2v) is 5.05. The summed E-state index contributed by atoms with van der Waals surface area (Å²) < 4.78 is 0. The highest BCUT2D eigenvalue weighted by molar-refractivity contribution is 6.21. The molecule has 2 aromatic carbocycles. The zero-order valence-corrected chi connectivity index (χ0v) is 11.5. The molecule has 1 aliphatic heterocycles. The summed E-state index contributed by atoms with van der Waals surface area (Å²) in [4.78, 5) is 36.7. The molecule has 104 valence electrons. The Hall–Kier alpha value is -2.75. The van der Waals surface area contributed by atoms with Crippen LogP contribution in [0.3, 0.4) is 0 Å². The molecule has 2 aromatic rings. The number of rotatable bonds is 3. The maximum atomic E-state index is 12.3. The molecule has 4 heteroatoms. The molecule has 0 bridgehead atoms. The summed E-state index contributed by atoms with van der Waals surface area (Å²) in [5, 5.41) is 0. The van der Waals surface area contributed by atoms with Crippen LogP contribution < -0.4 is 0 Å². The van der Waals surface area contributed by atoms with Gasteiger partial charge in [-0.15, -0.1) is 0 Å². The SMILES string of the molecule is Cc1ccc(CN2C(=O)c3ccccc3C2=O)cc1C=O. The number of aldehydes is 1. The molecule has 0 aromatic heterocycles. The first-order valence-electron chi connectivity index (χ1n) is 6.62. The van der Waals surface area contributed by atoms with Gasteiger partial charge in [-0.3, -0.25) is 19.3 Å². The second-order valence-electron chi connectivity index (χ2n) is 5.05. The van der Waals surface area contributed by atoms with E-state index in [1.807, 2.05) is 19.1 Å². The van der Waals surface area contributed by atoms with Gasteiger partial charge in [0.1, 0.15) is 6.29 Å². The summed E-state index contributed by atoms with van der Waals surface area (Å²) in [6.45, 7) is 2.02. The average Bonchev–Trinajstić information content (AvgIpc) is 2.74. The van der Waals surface area contributed by atoms with Crippen LogP contribution in [0.4, 0.5) is 0 Å². The van der Waals surface area contributed by atoms with Crippen LogP contribution in [0, 0.1) is 6.92 Å². The number of amides is 2. The highest BCUT2D eigenvalue weighted by atomic mass is 16.2. The second kappa shape index (κ2) is 4.98. The van der Waals surface area contributed by atoms with Crippen molar-refractivity contribution in [3.05, 3.63) is 70.3 Å². The average molecular weight is 279 g/mol. The Morgan fingerprint density at radius 3 is 2.19 bits per heavy atom. The van der Waals surface area contributed by atoms with E-state index in [-0.39, 0.29) is 18.4 Å². The van der Waals surface area contributed by atoms with E-state index >= 15 is 0 Å². The zero-order valence-electron chi connectivity index (χ0n) is 11.5. The molecule has 0 saturated carbocycles. The number of benzene rings is 2. The van der Waals surface area contributed by atoms with Gasteiger partial charge in [0.25, 0.3) is 11.8 Å². The number of aryl methyl sites for hydroxylation is 1. The minimum Gasteiger partial charge on any atom is -0.298 e. The van der Waals surface area contributed by atoms with E-state index < -0.39 is 0 Å². The first kappa shape index (κ1) is 13.2. The molecule has 0 radical (unpaired) electrons. The zero-order chi connectivity index (χ0) is 15.0. The van der Waals surface area contributed by atoms with E-state index in [2.05, 4.69) is 0 Å². The minimum absolute atomic E-state index is 0.174. The first-order valence-corrected chi connectivity index (χ1v) is 6.62. The first-order chi connectivity index (χ1) is 10.1. The molecule has 0 N–H and O–H groups in total. The van der Waals surface area contributed by atoms with Gasteiger partial charge in [-0.1, -0.05) is 24.3 Å². The molecule has 0 atom stereocenters. The van der Waals surface area contributed by atoms with E-state index in [4.69, 9.17) is 0 Å². The predicted molar refractivity (Wildman–Crippen MR) is 77.2 cm³/mol. The smallest absolute Gasteiger partial charge is 0.261 e. The molecule has 4 nitrogen and oxygen atoms in total. The van der Waals surface area contributed by atoms with Crippen molar-refractivity contribution in [2.24, 2.45) is 0 Å². The summed E-state index contributed by atoms with van der Waals surface area (Å²) in [6, 6.07) is 12.1. The molecule has 0 saturated heterocycles. The minimum atomic E-state index is -0.288. The van der Waals surface area contributed by atoms with Gasteiger partial charge in [0.2, 0.25) is 0 Å². The van der Waals surface area contributed by atoms with Crippen molar-refractivity contribution in [2.45, 2.75) is 13.5 Å². The summed E-state index contributed by atoms with van der Waals surface area (Å²) in [5.74, 6) is -0.576. The third-order valence-corrected chi connectivity index (χ3v) is 3.69. The summed E-state index contributed by atoms with van der Waals surface area (Å²) in [5.41, 5.74) is 3.08. The van der Waals surface area contributed by atoms with Crippen LogP contribution in [-0.2, 0) is 6.54 Å². The normalized spacial score (nSPS) is 13.5. The standard InChI is InChI=1S/C17H13NO3/c1-11-6-7-12(8-13(11)10-19)9-18-16(20)14-4-2-3-5-15(14)17(18)21/h2-8,10H,9H2,1H3. The lowest BCUT2D eigenvalue weighted by Crippen LogP contribution is -2.29. The van der Waals surface area contributed by atoms with Gasteiger partial charge in [0.15, 0.2) is 0 Å². The fourth-order valence-corrected chi connectivity index (χ4v) is 2.48. The molecular weight excluding hydrogens is 266 g/mol. The summed E-state index contributed by atoms with van der Waals surface area (Å²) >= 11 is 0. The molecule has 21 heavy (non-hydrogen) atoms. The van der Waals surface area contributed by atoms with Crippen LogP contribution in [0.15, 0.2) is 42.5 Å². The lowest BCUT2D eigenvalue weighted by atomic mass is 10.1. The quantitative estimate of drug-likeness (QED) is 0.641. The lowest BCUT2D eigenvalue weighted by Gasteiger charge is -2.14. The molecule has 1 aliphatic rings. The van der Waals surface area contributed by atoms with Crippen LogP contribution in [0.2, 0.25) is 0 Å². The Kier molecular flexibility index (Phi) is 3.14. The molecule has 0 unspecified atom stereocenters. The number of carbonyl (C=O) groups is 3. The number of fused-ring (bicyclic) bond motifs is 1. The fourth-order valence-electron chi connectivity index (χ4n) is 2.48. The van der Waals surface area contributed by atoms with Gasteiger partial charge < -0.3 is 0 Å². The Balaban J connectivity index is 1.92. The molecular formula is C17H13NO3. The van der Waals surface area contributed by atoms with Crippen molar-refractivity contribution in [3.63, 3.8) is 0 Å². The molecule has 2 amide bonds. The monoisotopic (exact) mass is 279 g/mol. The Morgan fingerprint density at radius 1 is 1.00 bits per heavy atom. The molecule has 3 rings (SSSR count). The number of imide groups is 1. The van der Waals surface area contributed by atoms with Crippen molar-refractivity contribution in [1.82, 2.24) is 4.90 Å². The van der Waals surface area contributed by atoms with Gasteiger partial charge in [-0.2, -0.15) is 0 Å². The highest BCUT2D eigenvalue weighted by Gasteiger charge is 2.34. The number of hydrogen-bond donors (Lipinski definition) is 0. The maximum Gasteiger partial charge on any atom is 0.261 e. The Morgan fingerprint density at radius 2 is 1.62 bits per heavy atom. The van der Waals surface area contributed by atoms with Crippen molar-refractivity contribution in [3.8, 4) is 0 Å². The number of carbonyl (C=O) groups excluding carboxylic acids is 3. The van der Waals surface area contributed by atoms with Crippen LogP contribution >= 0.6 is 0 Å². The van der Waals surface area contributed by atoms with Gasteiger partial charge in [0, 0.05) is 5.56 Å². The third kappa shape index (κ3) is 2.14. The highest BCUT2D eigenvalue weighted by Crippen LogP contribution is 2.24. The van der Waals surface area contributed by atoms with Gasteiger partial charge in [-0.05, 0) is 36.2 Å². The largest absolute Gasteiger partial charge is 0.298 e. The Labute approximate surface area is 122 Å². The van der Waals surface area contributed by atoms with E-state index in [9.17, 15) is 14.4 Å². The van der Waals surface area contributed by atoms with E-state index in [0.717, 1.165) is 17.4 Å². The summed E-state index contributed by atoms with van der Waals surface area (Å²) in [6.07, 6.45) is 0.779. The number of nitrogens with zero attached hydrogens (tertiary/aromatic N) is 1. The topological polar surface area (TPSA) is 54.5 Å². The van der Waals surface area contributed by atoms with Crippen molar-refractivity contribution in [1.29, 1.82) is 0 Å². The predicted octanol–water partition coefficient (Wildman–Crippen LogP) is 2.60. The van der Waals surface area contributed by atoms with Crippen LogP contribution in [0.25, 0.3) is 0 Å². The molecule has 0 aliphatic carbocycles. The lowest BCUT2D eigenvalue weighted by molar-refractivity contribution is 0.0642. The van der Waals surface area contributed by atoms with Crippen molar-refractivity contribution < 1.29 is 14.4 Å². The third-order valence-electron chi connectivity index (χ3n) is 3.69. The van der Waals surface area contributed by atoms with E-state index in [1.54, 1.807) is 30.3 Å². The van der Waals surface area contributed by atoms with Crippen molar-refractivity contribution >= 4 is 18.1 Å². The number of hydrogen-bond acceptors (Lipinski definition) is 3. The van der Waals surface area contributed by atoms with Crippen LogP contribution in [0.1, 0.15) is 42.2 Å².